The van der Waals surface area contributed by atoms with Gasteiger partial charge in [-0.25, -0.2) is 4.98 Å². The average molecular weight is 220 g/mol. The second-order valence-electron chi connectivity index (χ2n) is 3.27. The molecule has 0 bridgehead atoms. The van der Waals surface area contributed by atoms with Crippen LogP contribution < -0.4 is 0 Å². The van der Waals surface area contributed by atoms with Crippen molar-refractivity contribution in [3.8, 4) is 0 Å². The van der Waals surface area contributed by atoms with Gasteiger partial charge in [0.05, 0.1) is 11.1 Å². The van der Waals surface area contributed by atoms with Crippen LogP contribution in [0.3, 0.4) is 0 Å². The van der Waals surface area contributed by atoms with Gasteiger partial charge in [-0.1, -0.05) is 6.07 Å². The molecule has 4 heteroatoms. The fourth-order valence-electron chi connectivity index (χ4n) is 1.38. The zero-order valence-corrected chi connectivity index (χ0v) is 9.02. The molecule has 0 aliphatic heterocycles. The number of aromatic nitrogens is 2. The molecule has 1 unspecified atom stereocenters. The highest BCUT2D eigenvalue weighted by Crippen LogP contribution is 2.18. The Kier molecular flexibility index (Phi) is 3.42. The van der Waals surface area contributed by atoms with E-state index in [0.29, 0.717) is 6.42 Å². The van der Waals surface area contributed by atoms with Crippen LogP contribution in [0.1, 0.15) is 23.1 Å². The summed E-state index contributed by atoms with van der Waals surface area (Å²) in [6.45, 7) is 0. The maximum absolute atomic E-state index is 9.86. The minimum absolute atomic E-state index is 0.442. The highest BCUT2D eigenvalue weighted by atomic mass is 32.1. The third-order valence-corrected chi connectivity index (χ3v) is 3.02. The van der Waals surface area contributed by atoms with Gasteiger partial charge >= 0.3 is 0 Å². The average Bonchev–Trinajstić information content (AvgIpc) is 2.80. The Balaban J connectivity index is 1.90. The Morgan fingerprint density at radius 3 is 3.00 bits per heavy atom. The summed E-state index contributed by atoms with van der Waals surface area (Å²) in [5, 5.41) is 12.9. The molecule has 0 fully saturated rings. The summed E-state index contributed by atoms with van der Waals surface area (Å²) < 4.78 is 0. The van der Waals surface area contributed by atoms with Crippen LogP contribution in [0.2, 0.25) is 0 Å². The molecule has 0 radical (unpaired) electrons. The van der Waals surface area contributed by atoms with Crippen molar-refractivity contribution in [2.24, 2.45) is 0 Å². The number of thiazole rings is 1. The highest BCUT2D eigenvalue weighted by Gasteiger charge is 2.08. The molecular weight excluding hydrogens is 208 g/mol. The molecule has 0 saturated carbocycles. The van der Waals surface area contributed by atoms with Crippen molar-refractivity contribution in [2.45, 2.75) is 18.9 Å². The fraction of sp³-hybridized carbons (Fsp3) is 0.273. The molecule has 15 heavy (non-hydrogen) atoms. The summed E-state index contributed by atoms with van der Waals surface area (Å²) in [7, 11) is 0. The van der Waals surface area contributed by atoms with Gasteiger partial charge in [0.25, 0.3) is 0 Å². The maximum Gasteiger partial charge on any atom is 0.0925 e. The summed E-state index contributed by atoms with van der Waals surface area (Å²) >= 11 is 1.62. The van der Waals surface area contributed by atoms with E-state index in [1.165, 1.54) is 0 Å². The summed E-state index contributed by atoms with van der Waals surface area (Å²) in [6.07, 6.45) is 6.26. The van der Waals surface area contributed by atoms with E-state index in [9.17, 15) is 5.11 Å². The third kappa shape index (κ3) is 2.84. The first-order valence-electron chi connectivity index (χ1n) is 4.82. The minimum atomic E-state index is -0.442. The number of aliphatic hydroxyl groups excluding tert-OH is 1. The molecule has 2 aromatic rings. The predicted octanol–water partition coefficient (Wildman–Crippen LogP) is 2.20. The number of aliphatic hydroxyl groups is 1. The predicted molar refractivity (Wildman–Crippen MR) is 59.6 cm³/mol. The Morgan fingerprint density at radius 1 is 1.40 bits per heavy atom. The smallest absolute Gasteiger partial charge is 0.0925 e. The molecule has 1 N–H and O–H groups in total. The van der Waals surface area contributed by atoms with Gasteiger partial charge in [0.15, 0.2) is 0 Å². The molecule has 0 amide bonds. The van der Waals surface area contributed by atoms with Crippen LogP contribution in [0.25, 0.3) is 0 Å². The second-order valence-corrected chi connectivity index (χ2v) is 4.25. The molecule has 0 aliphatic rings. The summed E-state index contributed by atoms with van der Waals surface area (Å²) in [6, 6.07) is 3.72. The van der Waals surface area contributed by atoms with E-state index >= 15 is 0 Å². The van der Waals surface area contributed by atoms with Crippen LogP contribution in [0.15, 0.2) is 36.1 Å². The molecule has 0 aliphatic carbocycles. The van der Waals surface area contributed by atoms with Gasteiger partial charge in [-0.05, 0) is 18.1 Å². The van der Waals surface area contributed by atoms with Gasteiger partial charge in [0.2, 0.25) is 0 Å². The lowest BCUT2D eigenvalue weighted by molar-refractivity contribution is 0.167. The summed E-state index contributed by atoms with van der Waals surface area (Å²) in [5.74, 6) is 0. The topological polar surface area (TPSA) is 46.0 Å². The van der Waals surface area contributed by atoms with Crippen molar-refractivity contribution in [3.63, 3.8) is 0 Å². The number of pyridine rings is 1. The van der Waals surface area contributed by atoms with Crippen LogP contribution in [0, 0.1) is 0 Å². The van der Waals surface area contributed by atoms with Gasteiger partial charge in [-0.3, -0.25) is 4.98 Å². The lowest BCUT2D eigenvalue weighted by Gasteiger charge is -2.08. The first-order valence-corrected chi connectivity index (χ1v) is 5.70. The maximum atomic E-state index is 9.86. The van der Waals surface area contributed by atoms with E-state index in [1.54, 1.807) is 29.9 Å². The normalized spacial score (nSPS) is 12.6. The van der Waals surface area contributed by atoms with Crippen LogP contribution in [-0.4, -0.2) is 15.1 Å². The van der Waals surface area contributed by atoms with E-state index in [4.69, 9.17) is 0 Å². The summed E-state index contributed by atoms with van der Waals surface area (Å²) in [5.41, 5.74) is 0.869. The Labute approximate surface area is 92.5 Å². The first kappa shape index (κ1) is 10.3. The van der Waals surface area contributed by atoms with Crippen molar-refractivity contribution < 1.29 is 5.11 Å². The van der Waals surface area contributed by atoms with Gasteiger partial charge in [-0.2, -0.15) is 0 Å². The van der Waals surface area contributed by atoms with Crippen molar-refractivity contribution in [1.29, 1.82) is 0 Å². The number of rotatable bonds is 4. The second kappa shape index (κ2) is 5.00. The highest BCUT2D eigenvalue weighted by molar-refractivity contribution is 7.09. The Morgan fingerprint density at radius 2 is 2.33 bits per heavy atom. The van der Waals surface area contributed by atoms with E-state index in [1.807, 2.05) is 17.5 Å². The molecular formula is C11H12N2OS. The Hall–Kier alpha value is -1.26. The molecule has 2 aromatic heterocycles. The molecule has 2 heterocycles. The standard InChI is InChI=1S/C11H12N2OS/c14-10(9-2-1-5-12-8-9)3-4-11-13-6-7-15-11/h1-2,5-8,10,14H,3-4H2. The fourth-order valence-corrected chi connectivity index (χ4v) is 2.01. The number of aryl methyl sites for hydroxylation is 1. The molecule has 3 nitrogen and oxygen atoms in total. The summed E-state index contributed by atoms with van der Waals surface area (Å²) in [4.78, 5) is 8.15. The molecule has 78 valence electrons. The van der Waals surface area contributed by atoms with Gasteiger partial charge in [0, 0.05) is 30.4 Å². The van der Waals surface area contributed by atoms with Crippen LogP contribution in [0.5, 0.6) is 0 Å². The number of hydrogen-bond acceptors (Lipinski definition) is 4. The van der Waals surface area contributed by atoms with E-state index < -0.39 is 6.10 Å². The van der Waals surface area contributed by atoms with Crippen molar-refractivity contribution in [1.82, 2.24) is 9.97 Å². The third-order valence-electron chi connectivity index (χ3n) is 2.18. The van der Waals surface area contributed by atoms with Crippen LogP contribution >= 0.6 is 11.3 Å². The zero-order valence-electron chi connectivity index (χ0n) is 8.21. The molecule has 0 aromatic carbocycles. The molecule has 1 atom stereocenters. The van der Waals surface area contributed by atoms with Gasteiger partial charge in [0.1, 0.15) is 0 Å². The quantitative estimate of drug-likeness (QED) is 0.859. The van der Waals surface area contributed by atoms with Gasteiger partial charge in [-0.15, -0.1) is 11.3 Å². The van der Waals surface area contributed by atoms with Crippen LogP contribution in [-0.2, 0) is 6.42 Å². The van der Waals surface area contributed by atoms with Crippen molar-refractivity contribution in [2.75, 3.05) is 0 Å². The number of hydrogen-bond donors (Lipinski definition) is 1. The largest absolute Gasteiger partial charge is 0.388 e. The zero-order chi connectivity index (χ0) is 10.5. The first-order chi connectivity index (χ1) is 7.36. The van der Waals surface area contributed by atoms with E-state index in [-0.39, 0.29) is 0 Å². The van der Waals surface area contributed by atoms with Gasteiger partial charge < -0.3 is 5.11 Å². The van der Waals surface area contributed by atoms with Crippen LogP contribution in [0.4, 0.5) is 0 Å². The molecule has 2 rings (SSSR count). The lowest BCUT2D eigenvalue weighted by atomic mass is 10.1. The van der Waals surface area contributed by atoms with Crippen molar-refractivity contribution in [3.05, 3.63) is 46.7 Å². The molecule has 0 spiro atoms. The SMILES string of the molecule is OC(CCc1nccs1)c1cccnc1. The van der Waals surface area contributed by atoms with E-state index in [2.05, 4.69) is 9.97 Å². The van der Waals surface area contributed by atoms with E-state index in [0.717, 1.165) is 17.0 Å². The van der Waals surface area contributed by atoms with Crippen molar-refractivity contribution >= 4 is 11.3 Å². The minimum Gasteiger partial charge on any atom is -0.388 e. The Bertz CT molecular complexity index is 388. The molecule has 0 saturated heterocycles. The number of nitrogens with zero attached hydrogens (tertiary/aromatic N) is 2. The monoisotopic (exact) mass is 220 g/mol. The lowest BCUT2D eigenvalue weighted by Crippen LogP contribution is -1.99.